The van der Waals surface area contributed by atoms with Crippen molar-refractivity contribution in [1.82, 2.24) is 0 Å². The Hall–Kier alpha value is -2.60. The van der Waals surface area contributed by atoms with E-state index < -0.39 is 0 Å². The summed E-state index contributed by atoms with van der Waals surface area (Å²) in [5.41, 5.74) is 1.52. The van der Waals surface area contributed by atoms with Crippen LogP contribution >= 0.6 is 0 Å². The predicted molar refractivity (Wildman–Crippen MR) is 74.3 cm³/mol. The molecule has 0 amide bonds. The maximum Gasteiger partial charge on any atom is 0.330 e. The number of esters is 1. The molecule has 2 rings (SSSR count). The third kappa shape index (κ3) is 3.20. The van der Waals surface area contributed by atoms with Gasteiger partial charge < -0.3 is 4.74 Å². The van der Waals surface area contributed by atoms with Crippen LogP contribution in [-0.4, -0.2) is 12.6 Å². The zero-order chi connectivity index (χ0) is 13.7. The summed E-state index contributed by atoms with van der Waals surface area (Å²) in [4.78, 5) is 11.2. The van der Waals surface area contributed by atoms with Gasteiger partial charge in [0.05, 0.1) is 18.2 Å². The van der Waals surface area contributed by atoms with Crippen molar-refractivity contribution in [2.24, 2.45) is 0 Å². The maximum atomic E-state index is 11.2. The van der Waals surface area contributed by atoms with Crippen LogP contribution in [0.15, 0.2) is 42.5 Å². The Balaban J connectivity index is 2.30. The zero-order valence-electron chi connectivity index (χ0n) is 10.6. The van der Waals surface area contributed by atoms with Crippen LogP contribution in [0.4, 0.5) is 0 Å². The number of hydrogen-bond donors (Lipinski definition) is 0. The summed E-state index contributed by atoms with van der Waals surface area (Å²) in [6.07, 6.45) is 3.11. The number of nitrogens with zero attached hydrogens (tertiary/aromatic N) is 1. The van der Waals surface area contributed by atoms with Crippen LogP contribution < -0.4 is 0 Å². The van der Waals surface area contributed by atoms with E-state index in [1.165, 1.54) is 6.08 Å². The van der Waals surface area contributed by atoms with E-state index in [4.69, 9.17) is 10.00 Å². The average Bonchev–Trinajstić information content (AvgIpc) is 2.44. The topological polar surface area (TPSA) is 50.1 Å². The Morgan fingerprint density at radius 2 is 2.05 bits per heavy atom. The van der Waals surface area contributed by atoms with Gasteiger partial charge in [0.1, 0.15) is 0 Å². The van der Waals surface area contributed by atoms with Gasteiger partial charge in [-0.1, -0.05) is 18.2 Å². The highest BCUT2D eigenvalue weighted by atomic mass is 16.5. The number of ether oxygens (including phenoxy) is 1. The van der Waals surface area contributed by atoms with Gasteiger partial charge in [-0.15, -0.1) is 0 Å². The van der Waals surface area contributed by atoms with Crippen LogP contribution in [0.2, 0.25) is 0 Å². The van der Waals surface area contributed by atoms with E-state index in [1.54, 1.807) is 19.1 Å². The van der Waals surface area contributed by atoms with Crippen LogP contribution in [0.25, 0.3) is 16.8 Å². The summed E-state index contributed by atoms with van der Waals surface area (Å²) in [5.74, 6) is -0.353. The summed E-state index contributed by atoms with van der Waals surface area (Å²) in [7, 11) is 0. The standard InChI is InChI=1S/C16H13NO2/c1-2-19-16(18)8-5-12-3-6-14-7-4-13(11-17)10-15(14)9-12/h3-10H,2H2,1H3. The van der Waals surface area contributed by atoms with Gasteiger partial charge in [0, 0.05) is 6.08 Å². The molecule has 0 unspecified atom stereocenters. The lowest BCUT2D eigenvalue weighted by Gasteiger charge is -2.00. The molecular weight excluding hydrogens is 238 g/mol. The molecule has 0 atom stereocenters. The minimum absolute atomic E-state index is 0.353. The summed E-state index contributed by atoms with van der Waals surface area (Å²) in [5, 5.41) is 10.9. The predicted octanol–water partition coefficient (Wildman–Crippen LogP) is 3.29. The van der Waals surface area contributed by atoms with Crippen LogP contribution in [0.1, 0.15) is 18.1 Å². The number of rotatable bonds is 3. The Bertz CT molecular complexity index is 681. The Labute approximate surface area is 111 Å². The number of hydrogen-bond acceptors (Lipinski definition) is 3. The highest BCUT2D eigenvalue weighted by molar-refractivity contribution is 5.90. The summed E-state index contributed by atoms with van der Waals surface area (Å²) in [6, 6.07) is 13.5. The van der Waals surface area contributed by atoms with Gasteiger partial charge in [-0.2, -0.15) is 5.26 Å². The second kappa shape index (κ2) is 5.83. The molecule has 0 heterocycles. The van der Waals surface area contributed by atoms with Crippen LogP contribution in [0.5, 0.6) is 0 Å². The van der Waals surface area contributed by atoms with E-state index >= 15 is 0 Å². The number of nitriles is 1. The van der Waals surface area contributed by atoms with Gasteiger partial charge in [-0.3, -0.25) is 0 Å². The van der Waals surface area contributed by atoms with Crippen LogP contribution in [0.3, 0.4) is 0 Å². The Kier molecular flexibility index (Phi) is 3.94. The third-order valence-electron chi connectivity index (χ3n) is 2.69. The SMILES string of the molecule is CCOC(=O)C=Cc1ccc2ccc(C#N)cc2c1. The molecule has 0 aliphatic heterocycles. The molecule has 19 heavy (non-hydrogen) atoms. The van der Waals surface area contributed by atoms with Crippen molar-refractivity contribution in [3.8, 4) is 6.07 Å². The van der Waals surface area contributed by atoms with E-state index in [0.717, 1.165) is 16.3 Å². The molecule has 0 radical (unpaired) electrons. The Morgan fingerprint density at radius 1 is 1.26 bits per heavy atom. The first-order chi connectivity index (χ1) is 9.22. The highest BCUT2D eigenvalue weighted by Gasteiger charge is 1.98. The maximum absolute atomic E-state index is 11.2. The first-order valence-corrected chi connectivity index (χ1v) is 6.01. The van der Waals surface area contributed by atoms with Crippen LogP contribution in [-0.2, 0) is 9.53 Å². The Morgan fingerprint density at radius 3 is 2.79 bits per heavy atom. The van der Waals surface area contributed by atoms with Crippen LogP contribution in [0, 0.1) is 11.3 Å². The molecule has 3 nitrogen and oxygen atoms in total. The van der Waals surface area contributed by atoms with E-state index in [-0.39, 0.29) is 5.97 Å². The van der Waals surface area contributed by atoms with Crippen molar-refractivity contribution in [2.45, 2.75) is 6.92 Å². The van der Waals surface area contributed by atoms with E-state index in [0.29, 0.717) is 12.2 Å². The molecule has 2 aromatic carbocycles. The van der Waals surface area contributed by atoms with Crippen molar-refractivity contribution < 1.29 is 9.53 Å². The molecule has 0 aliphatic carbocycles. The number of carbonyl (C=O) groups excluding carboxylic acids is 1. The second-order valence-electron chi connectivity index (χ2n) is 4.02. The molecule has 0 N–H and O–H groups in total. The van der Waals surface area contributed by atoms with Crippen molar-refractivity contribution >= 4 is 22.8 Å². The molecule has 0 fully saturated rings. The summed E-state index contributed by atoms with van der Waals surface area (Å²) in [6.45, 7) is 2.14. The summed E-state index contributed by atoms with van der Waals surface area (Å²) < 4.78 is 4.82. The molecule has 0 spiro atoms. The lowest BCUT2D eigenvalue weighted by molar-refractivity contribution is -0.137. The first kappa shape index (κ1) is 12.8. The van der Waals surface area contributed by atoms with Gasteiger partial charge in [0.2, 0.25) is 0 Å². The van der Waals surface area contributed by atoms with Crippen molar-refractivity contribution in [2.75, 3.05) is 6.61 Å². The smallest absolute Gasteiger partial charge is 0.330 e. The monoisotopic (exact) mass is 251 g/mol. The quantitative estimate of drug-likeness (QED) is 0.621. The third-order valence-corrected chi connectivity index (χ3v) is 2.69. The van der Waals surface area contributed by atoms with E-state index in [1.807, 2.05) is 30.3 Å². The normalized spacial score (nSPS) is 10.5. The molecule has 0 saturated carbocycles. The molecule has 0 aromatic heterocycles. The van der Waals surface area contributed by atoms with Crippen molar-refractivity contribution in [3.63, 3.8) is 0 Å². The second-order valence-corrected chi connectivity index (χ2v) is 4.02. The average molecular weight is 251 g/mol. The molecule has 0 saturated heterocycles. The fourth-order valence-electron chi connectivity index (χ4n) is 1.79. The lowest BCUT2D eigenvalue weighted by atomic mass is 10.0. The van der Waals surface area contributed by atoms with Gasteiger partial charge >= 0.3 is 5.97 Å². The molecule has 0 bridgehead atoms. The number of benzene rings is 2. The number of carbonyl (C=O) groups is 1. The first-order valence-electron chi connectivity index (χ1n) is 6.01. The summed E-state index contributed by atoms with van der Waals surface area (Å²) >= 11 is 0. The van der Waals surface area contributed by atoms with Gasteiger partial charge in [-0.05, 0) is 47.5 Å². The van der Waals surface area contributed by atoms with E-state index in [9.17, 15) is 4.79 Å². The number of fused-ring (bicyclic) bond motifs is 1. The van der Waals surface area contributed by atoms with Gasteiger partial charge in [-0.25, -0.2) is 4.79 Å². The molecule has 2 aromatic rings. The van der Waals surface area contributed by atoms with Crippen molar-refractivity contribution in [3.05, 3.63) is 53.6 Å². The fraction of sp³-hybridized carbons (Fsp3) is 0.125. The molecule has 0 aliphatic rings. The molecule has 94 valence electrons. The largest absolute Gasteiger partial charge is 0.463 e. The highest BCUT2D eigenvalue weighted by Crippen LogP contribution is 2.18. The molecule has 3 heteroatoms. The zero-order valence-corrected chi connectivity index (χ0v) is 10.6. The lowest BCUT2D eigenvalue weighted by Crippen LogP contribution is -1.98. The van der Waals surface area contributed by atoms with Crippen molar-refractivity contribution in [1.29, 1.82) is 5.26 Å². The fourth-order valence-corrected chi connectivity index (χ4v) is 1.79. The van der Waals surface area contributed by atoms with Gasteiger partial charge in [0.15, 0.2) is 0 Å². The van der Waals surface area contributed by atoms with E-state index in [2.05, 4.69) is 6.07 Å². The minimum atomic E-state index is -0.353. The van der Waals surface area contributed by atoms with Gasteiger partial charge in [0.25, 0.3) is 0 Å². The molecular formula is C16H13NO2. The minimum Gasteiger partial charge on any atom is -0.463 e.